The summed E-state index contributed by atoms with van der Waals surface area (Å²) in [5, 5.41) is 5.85. The van der Waals surface area contributed by atoms with Gasteiger partial charge in [0.15, 0.2) is 5.11 Å². The van der Waals surface area contributed by atoms with Crippen molar-refractivity contribution in [3.8, 4) is 0 Å². The number of methoxy groups -OCH3 is 3. The molecule has 0 aromatic carbocycles. The molecule has 0 unspecified atom stereocenters. The van der Waals surface area contributed by atoms with E-state index in [9.17, 15) is 14.4 Å². The van der Waals surface area contributed by atoms with Crippen LogP contribution in [-0.4, -0.2) is 70.2 Å². The summed E-state index contributed by atoms with van der Waals surface area (Å²) < 4.78 is 13.8. The zero-order valence-corrected chi connectivity index (χ0v) is 16.2. The molecule has 0 rings (SSSR count). The van der Waals surface area contributed by atoms with E-state index in [1.54, 1.807) is 0 Å². The number of carbonyl (C=O) groups is 3. The first-order chi connectivity index (χ1) is 12.4. The second kappa shape index (κ2) is 14.2. The molecule has 0 aromatic heterocycles. The van der Waals surface area contributed by atoms with Crippen molar-refractivity contribution in [2.75, 3.05) is 35.0 Å². The van der Waals surface area contributed by atoms with Crippen LogP contribution in [0.1, 0.15) is 25.7 Å². The molecule has 0 aliphatic carbocycles. The molecular formula is C15H26N2O8S. The standard InChI is InChI=1S/C15H26N2O8S/c1-21-12(18)7-5-10(9-25-24-4)16-15(26)17-11(14(20)23-3)6-8-13(19)22-2/h10-11H,5-9H2,1-4H3,(H2,16,17,26)/t10-,11-/m0/s1. The van der Waals surface area contributed by atoms with Crippen molar-refractivity contribution in [2.24, 2.45) is 0 Å². The van der Waals surface area contributed by atoms with Crippen LogP contribution in [0.4, 0.5) is 0 Å². The molecule has 0 amide bonds. The van der Waals surface area contributed by atoms with Crippen molar-refractivity contribution >= 4 is 35.2 Å². The van der Waals surface area contributed by atoms with E-state index in [2.05, 4.69) is 25.0 Å². The third kappa shape index (κ3) is 10.8. The molecule has 150 valence electrons. The van der Waals surface area contributed by atoms with Crippen LogP contribution in [0, 0.1) is 0 Å². The molecule has 26 heavy (non-hydrogen) atoms. The lowest BCUT2D eigenvalue weighted by Gasteiger charge is -2.23. The van der Waals surface area contributed by atoms with Gasteiger partial charge >= 0.3 is 17.9 Å². The minimum atomic E-state index is -0.830. The third-order valence-electron chi connectivity index (χ3n) is 3.30. The predicted octanol–water partition coefficient (Wildman–Crippen LogP) is -0.155. The maximum Gasteiger partial charge on any atom is 0.328 e. The van der Waals surface area contributed by atoms with E-state index in [1.807, 2.05) is 0 Å². The van der Waals surface area contributed by atoms with Gasteiger partial charge in [0.1, 0.15) is 12.6 Å². The average Bonchev–Trinajstić information content (AvgIpc) is 2.65. The minimum absolute atomic E-state index is 0.0183. The Kier molecular flexibility index (Phi) is 13.1. The zero-order chi connectivity index (χ0) is 19.9. The maximum absolute atomic E-state index is 11.8. The van der Waals surface area contributed by atoms with Gasteiger partial charge in [-0.2, -0.15) is 0 Å². The van der Waals surface area contributed by atoms with Gasteiger partial charge in [-0.25, -0.2) is 14.6 Å². The van der Waals surface area contributed by atoms with E-state index in [0.717, 1.165) is 0 Å². The number of thiocarbonyl (C=S) groups is 1. The van der Waals surface area contributed by atoms with Crippen LogP contribution in [-0.2, 0) is 38.4 Å². The average molecular weight is 394 g/mol. The molecule has 0 radical (unpaired) electrons. The van der Waals surface area contributed by atoms with E-state index in [1.165, 1.54) is 28.4 Å². The quantitative estimate of drug-likeness (QED) is 0.151. The molecule has 0 bridgehead atoms. The minimum Gasteiger partial charge on any atom is -0.469 e. The van der Waals surface area contributed by atoms with Crippen LogP contribution in [0.2, 0.25) is 0 Å². The summed E-state index contributed by atoms with van der Waals surface area (Å²) in [7, 11) is 5.15. The highest BCUT2D eigenvalue weighted by Crippen LogP contribution is 2.04. The summed E-state index contributed by atoms with van der Waals surface area (Å²) in [5.74, 6) is -1.40. The Morgan fingerprint density at radius 3 is 1.96 bits per heavy atom. The molecule has 0 fully saturated rings. The first kappa shape index (κ1) is 24.0. The molecular weight excluding hydrogens is 368 g/mol. The van der Waals surface area contributed by atoms with Gasteiger partial charge < -0.3 is 24.8 Å². The number of carbonyl (C=O) groups excluding carboxylic acids is 3. The van der Waals surface area contributed by atoms with E-state index in [0.29, 0.717) is 6.42 Å². The van der Waals surface area contributed by atoms with Gasteiger partial charge in [-0.1, -0.05) is 0 Å². The van der Waals surface area contributed by atoms with Gasteiger partial charge in [0.05, 0.1) is 34.5 Å². The Bertz CT molecular complexity index is 475. The lowest BCUT2D eigenvalue weighted by molar-refractivity contribution is -0.275. The number of hydrogen-bond donors (Lipinski definition) is 2. The van der Waals surface area contributed by atoms with Crippen LogP contribution < -0.4 is 10.6 Å². The largest absolute Gasteiger partial charge is 0.469 e. The Morgan fingerprint density at radius 2 is 1.46 bits per heavy atom. The van der Waals surface area contributed by atoms with Crippen LogP contribution in [0.3, 0.4) is 0 Å². The lowest BCUT2D eigenvalue weighted by Crippen LogP contribution is -2.50. The fourth-order valence-electron chi connectivity index (χ4n) is 1.88. The maximum atomic E-state index is 11.8. The van der Waals surface area contributed by atoms with Crippen LogP contribution >= 0.6 is 12.2 Å². The summed E-state index contributed by atoms with van der Waals surface area (Å²) in [5.41, 5.74) is 0. The first-order valence-electron chi connectivity index (χ1n) is 7.82. The molecule has 0 aromatic rings. The van der Waals surface area contributed by atoms with Gasteiger partial charge in [-0.05, 0) is 25.1 Å². The molecule has 11 heteroatoms. The van der Waals surface area contributed by atoms with E-state index >= 15 is 0 Å². The first-order valence-corrected chi connectivity index (χ1v) is 8.22. The number of ether oxygens (including phenoxy) is 3. The zero-order valence-electron chi connectivity index (χ0n) is 15.4. The molecule has 0 spiro atoms. The molecule has 0 aliphatic rings. The van der Waals surface area contributed by atoms with Crippen molar-refractivity contribution in [1.82, 2.24) is 10.6 Å². The highest BCUT2D eigenvalue weighted by molar-refractivity contribution is 7.80. The summed E-state index contributed by atoms with van der Waals surface area (Å²) in [4.78, 5) is 43.8. The normalized spacial score (nSPS) is 12.5. The number of rotatable bonds is 12. The molecule has 0 saturated carbocycles. The van der Waals surface area contributed by atoms with Crippen LogP contribution in [0.5, 0.6) is 0 Å². The fraction of sp³-hybridized carbons (Fsp3) is 0.733. The van der Waals surface area contributed by atoms with Gasteiger partial charge in [0.2, 0.25) is 0 Å². The van der Waals surface area contributed by atoms with Crippen molar-refractivity contribution in [2.45, 2.75) is 37.8 Å². The summed E-state index contributed by atoms with van der Waals surface area (Å²) >= 11 is 5.18. The molecule has 0 aliphatic heterocycles. The topological polar surface area (TPSA) is 121 Å². The SMILES string of the molecule is COOC[C@H](CCC(=O)OC)NC(=S)N[C@@H](CCC(=O)OC)C(=O)OC. The summed E-state index contributed by atoms with van der Waals surface area (Å²) in [6, 6.07) is -1.20. The van der Waals surface area contributed by atoms with Crippen LogP contribution in [0.15, 0.2) is 0 Å². The van der Waals surface area contributed by atoms with Crippen molar-refractivity contribution in [3.63, 3.8) is 0 Å². The number of nitrogens with one attached hydrogen (secondary N) is 2. The smallest absolute Gasteiger partial charge is 0.328 e. The third-order valence-corrected chi connectivity index (χ3v) is 3.54. The second-order valence-electron chi connectivity index (χ2n) is 5.07. The van der Waals surface area contributed by atoms with Gasteiger partial charge in [0.25, 0.3) is 0 Å². The Balaban J connectivity index is 4.70. The lowest BCUT2D eigenvalue weighted by atomic mass is 10.1. The van der Waals surface area contributed by atoms with Crippen molar-refractivity contribution < 1.29 is 38.4 Å². The van der Waals surface area contributed by atoms with Crippen molar-refractivity contribution in [1.29, 1.82) is 0 Å². The molecule has 0 heterocycles. The Hall–Kier alpha value is -1.98. The van der Waals surface area contributed by atoms with Crippen molar-refractivity contribution in [3.05, 3.63) is 0 Å². The Morgan fingerprint density at radius 1 is 0.885 bits per heavy atom. The molecule has 10 nitrogen and oxygen atoms in total. The monoisotopic (exact) mass is 394 g/mol. The molecule has 2 N–H and O–H groups in total. The van der Waals surface area contributed by atoms with E-state index in [4.69, 9.17) is 21.8 Å². The molecule has 0 saturated heterocycles. The summed E-state index contributed by atoms with van der Waals surface area (Å²) in [6.07, 6.45) is 0.669. The number of esters is 3. The number of hydrogen-bond acceptors (Lipinski definition) is 9. The van der Waals surface area contributed by atoms with Gasteiger partial charge in [-0.3, -0.25) is 9.59 Å². The second-order valence-corrected chi connectivity index (χ2v) is 5.48. The van der Waals surface area contributed by atoms with Gasteiger partial charge in [-0.15, -0.1) is 0 Å². The van der Waals surface area contributed by atoms with Gasteiger partial charge in [0, 0.05) is 12.8 Å². The van der Waals surface area contributed by atoms with Crippen LogP contribution in [0.25, 0.3) is 0 Å². The highest BCUT2D eigenvalue weighted by atomic mass is 32.1. The Labute approximate surface area is 157 Å². The summed E-state index contributed by atoms with van der Waals surface area (Å²) in [6.45, 7) is 0.111. The van der Waals surface area contributed by atoms with E-state index < -0.39 is 18.0 Å². The molecule has 2 atom stereocenters. The highest BCUT2D eigenvalue weighted by Gasteiger charge is 2.23. The fourth-order valence-corrected chi connectivity index (χ4v) is 2.19. The van der Waals surface area contributed by atoms with E-state index in [-0.39, 0.29) is 43.0 Å². The predicted molar refractivity (Wildman–Crippen MR) is 93.9 cm³/mol.